The van der Waals surface area contributed by atoms with E-state index in [1.807, 2.05) is 24.6 Å². The van der Waals surface area contributed by atoms with E-state index in [2.05, 4.69) is 32.5 Å². The lowest BCUT2D eigenvalue weighted by Crippen LogP contribution is -1.97. The summed E-state index contributed by atoms with van der Waals surface area (Å²) in [4.78, 5) is 2.27. The van der Waals surface area contributed by atoms with Crippen molar-refractivity contribution in [3.63, 3.8) is 0 Å². The Balaban J connectivity index is 2.28. The molecule has 3 aromatic heterocycles. The largest absolute Gasteiger partial charge is 0.383 e. The first-order valence-corrected chi connectivity index (χ1v) is 7.83. The molecular formula is C12H10BrN3S2. The highest BCUT2D eigenvalue weighted by atomic mass is 79.9. The molecule has 0 bridgehead atoms. The SMILES string of the molecule is Cn1nc(-c2sccc2Br)c(-c2cccs2)c1N. The molecule has 6 heteroatoms. The Hall–Kier alpha value is -1.11. The highest BCUT2D eigenvalue weighted by molar-refractivity contribution is 9.10. The van der Waals surface area contributed by atoms with Crippen LogP contribution in [-0.4, -0.2) is 9.78 Å². The van der Waals surface area contributed by atoms with E-state index in [9.17, 15) is 0 Å². The van der Waals surface area contributed by atoms with E-state index >= 15 is 0 Å². The minimum Gasteiger partial charge on any atom is -0.383 e. The summed E-state index contributed by atoms with van der Waals surface area (Å²) in [6, 6.07) is 6.13. The van der Waals surface area contributed by atoms with Crippen LogP contribution in [0.1, 0.15) is 0 Å². The van der Waals surface area contributed by atoms with Crippen molar-refractivity contribution in [2.45, 2.75) is 0 Å². The van der Waals surface area contributed by atoms with Crippen LogP contribution in [0.3, 0.4) is 0 Å². The molecule has 3 heterocycles. The number of hydrogen-bond donors (Lipinski definition) is 1. The van der Waals surface area contributed by atoms with Gasteiger partial charge in [-0.1, -0.05) is 6.07 Å². The molecule has 3 rings (SSSR count). The monoisotopic (exact) mass is 339 g/mol. The fourth-order valence-electron chi connectivity index (χ4n) is 1.82. The summed E-state index contributed by atoms with van der Waals surface area (Å²) >= 11 is 6.90. The molecule has 18 heavy (non-hydrogen) atoms. The molecular weight excluding hydrogens is 330 g/mol. The van der Waals surface area contributed by atoms with E-state index in [-0.39, 0.29) is 0 Å². The van der Waals surface area contributed by atoms with Gasteiger partial charge in [-0.15, -0.1) is 22.7 Å². The lowest BCUT2D eigenvalue weighted by Gasteiger charge is -2.00. The lowest BCUT2D eigenvalue weighted by atomic mass is 10.1. The van der Waals surface area contributed by atoms with Gasteiger partial charge in [-0.2, -0.15) is 5.10 Å². The van der Waals surface area contributed by atoms with Crippen LogP contribution in [0.5, 0.6) is 0 Å². The molecule has 0 aliphatic heterocycles. The van der Waals surface area contributed by atoms with Crippen molar-refractivity contribution < 1.29 is 0 Å². The summed E-state index contributed by atoms with van der Waals surface area (Å²) in [6.45, 7) is 0. The minimum absolute atomic E-state index is 0.702. The third-order valence-corrected chi connectivity index (χ3v) is 5.42. The van der Waals surface area contributed by atoms with E-state index in [0.29, 0.717) is 5.82 Å². The first-order valence-electron chi connectivity index (χ1n) is 5.28. The molecule has 3 nitrogen and oxygen atoms in total. The van der Waals surface area contributed by atoms with Gasteiger partial charge < -0.3 is 5.73 Å². The molecule has 0 saturated heterocycles. The smallest absolute Gasteiger partial charge is 0.130 e. The van der Waals surface area contributed by atoms with Gasteiger partial charge in [0, 0.05) is 16.4 Å². The predicted molar refractivity (Wildman–Crippen MR) is 81.9 cm³/mol. The zero-order chi connectivity index (χ0) is 12.7. The number of rotatable bonds is 2. The number of hydrogen-bond acceptors (Lipinski definition) is 4. The molecule has 0 spiro atoms. The van der Waals surface area contributed by atoms with Crippen LogP contribution >= 0.6 is 38.6 Å². The lowest BCUT2D eigenvalue weighted by molar-refractivity contribution is 0.783. The second-order valence-corrected chi connectivity index (χ2v) is 6.53. The maximum absolute atomic E-state index is 6.15. The summed E-state index contributed by atoms with van der Waals surface area (Å²) in [5.41, 5.74) is 8.11. The zero-order valence-electron chi connectivity index (χ0n) is 9.55. The van der Waals surface area contributed by atoms with Gasteiger partial charge in [0.25, 0.3) is 0 Å². The van der Waals surface area contributed by atoms with E-state index in [0.717, 1.165) is 25.5 Å². The summed E-state index contributed by atoms with van der Waals surface area (Å²) in [6.07, 6.45) is 0. The Morgan fingerprint density at radius 3 is 2.72 bits per heavy atom. The number of halogens is 1. The molecule has 3 aromatic rings. The molecule has 0 aromatic carbocycles. The van der Waals surface area contributed by atoms with Gasteiger partial charge in [-0.05, 0) is 38.8 Å². The van der Waals surface area contributed by atoms with Crippen molar-refractivity contribution in [2.24, 2.45) is 7.05 Å². The first-order chi connectivity index (χ1) is 8.68. The standard InChI is InChI=1S/C12H10BrN3S2/c1-16-12(14)9(8-3-2-5-17-8)10(15-16)11-7(13)4-6-18-11/h2-6H,14H2,1H3. The molecule has 0 aliphatic carbocycles. The summed E-state index contributed by atoms with van der Waals surface area (Å²) in [7, 11) is 1.87. The number of thiophene rings is 2. The number of aryl methyl sites for hydroxylation is 1. The van der Waals surface area contributed by atoms with Crippen LogP contribution < -0.4 is 5.73 Å². The van der Waals surface area contributed by atoms with E-state index in [4.69, 9.17) is 5.73 Å². The summed E-state index contributed by atoms with van der Waals surface area (Å²) in [5, 5.41) is 8.64. The number of nitrogens with zero attached hydrogens (tertiary/aromatic N) is 2. The maximum Gasteiger partial charge on any atom is 0.130 e. The van der Waals surface area contributed by atoms with Gasteiger partial charge in [-0.25, -0.2) is 0 Å². The number of anilines is 1. The average molecular weight is 340 g/mol. The Bertz CT molecular complexity index is 682. The second-order valence-electron chi connectivity index (χ2n) is 3.81. The van der Waals surface area contributed by atoms with Crippen LogP contribution in [0.4, 0.5) is 5.82 Å². The highest BCUT2D eigenvalue weighted by Crippen LogP contribution is 2.42. The third kappa shape index (κ3) is 1.81. The fourth-order valence-corrected chi connectivity index (χ4v) is 4.15. The Morgan fingerprint density at radius 1 is 1.28 bits per heavy atom. The van der Waals surface area contributed by atoms with Crippen LogP contribution in [0.15, 0.2) is 33.4 Å². The first kappa shape index (κ1) is 12.0. The fraction of sp³-hybridized carbons (Fsp3) is 0.0833. The molecule has 0 fully saturated rings. The second kappa shape index (κ2) is 4.53. The van der Waals surface area contributed by atoms with Gasteiger partial charge in [0.05, 0.1) is 10.4 Å². The van der Waals surface area contributed by atoms with Gasteiger partial charge in [0.15, 0.2) is 0 Å². The molecule has 0 atom stereocenters. The summed E-state index contributed by atoms with van der Waals surface area (Å²) < 4.78 is 2.79. The normalized spacial score (nSPS) is 11.0. The van der Waals surface area contributed by atoms with Crippen molar-refractivity contribution in [1.82, 2.24) is 9.78 Å². The van der Waals surface area contributed by atoms with Crippen LogP contribution in [0, 0.1) is 0 Å². The number of nitrogen functional groups attached to an aromatic ring is 1. The van der Waals surface area contributed by atoms with Crippen molar-refractivity contribution in [2.75, 3.05) is 5.73 Å². The zero-order valence-corrected chi connectivity index (χ0v) is 12.8. The van der Waals surface area contributed by atoms with Crippen molar-refractivity contribution >= 4 is 44.4 Å². The number of aromatic nitrogens is 2. The van der Waals surface area contributed by atoms with Crippen LogP contribution in [0.25, 0.3) is 21.0 Å². The number of nitrogens with two attached hydrogens (primary N) is 1. The molecule has 92 valence electrons. The van der Waals surface area contributed by atoms with Crippen LogP contribution in [-0.2, 0) is 7.05 Å². The average Bonchev–Trinajstić information content (AvgIpc) is 3.02. The Morgan fingerprint density at radius 2 is 2.11 bits per heavy atom. The van der Waals surface area contributed by atoms with E-state index < -0.39 is 0 Å². The Labute approximate surface area is 121 Å². The van der Waals surface area contributed by atoms with Gasteiger partial charge in [0.1, 0.15) is 11.5 Å². The van der Waals surface area contributed by atoms with E-state index in [1.54, 1.807) is 27.4 Å². The van der Waals surface area contributed by atoms with Crippen molar-refractivity contribution in [1.29, 1.82) is 0 Å². The summed E-state index contributed by atoms with van der Waals surface area (Å²) in [5.74, 6) is 0.702. The third-order valence-electron chi connectivity index (χ3n) is 2.69. The van der Waals surface area contributed by atoms with Crippen molar-refractivity contribution in [3.8, 4) is 21.0 Å². The van der Waals surface area contributed by atoms with Gasteiger partial charge >= 0.3 is 0 Å². The molecule has 0 unspecified atom stereocenters. The highest BCUT2D eigenvalue weighted by Gasteiger charge is 2.20. The predicted octanol–water partition coefficient (Wildman–Crippen LogP) is 4.22. The molecule has 0 radical (unpaired) electrons. The van der Waals surface area contributed by atoms with Gasteiger partial charge in [-0.3, -0.25) is 4.68 Å². The minimum atomic E-state index is 0.702. The molecule has 2 N–H and O–H groups in total. The topological polar surface area (TPSA) is 43.8 Å². The molecule has 0 amide bonds. The van der Waals surface area contributed by atoms with Gasteiger partial charge in [0.2, 0.25) is 0 Å². The van der Waals surface area contributed by atoms with Crippen LogP contribution in [0.2, 0.25) is 0 Å². The molecule has 0 aliphatic rings. The maximum atomic E-state index is 6.15. The van der Waals surface area contributed by atoms with Crippen molar-refractivity contribution in [3.05, 3.63) is 33.4 Å². The quantitative estimate of drug-likeness (QED) is 0.759. The molecule has 0 saturated carbocycles. The van der Waals surface area contributed by atoms with E-state index in [1.165, 1.54) is 0 Å². The Kier molecular flexibility index (Phi) is 3.01.